The van der Waals surface area contributed by atoms with Gasteiger partial charge in [0.25, 0.3) is 0 Å². The quantitative estimate of drug-likeness (QED) is 0.816. The molecule has 2 rings (SSSR count). The molecule has 0 radical (unpaired) electrons. The molecule has 0 aliphatic carbocycles. The average Bonchev–Trinajstić information content (AvgIpc) is 2.91. The summed E-state index contributed by atoms with van der Waals surface area (Å²) in [6.07, 6.45) is 3.48. The van der Waals surface area contributed by atoms with Crippen LogP contribution in [0.1, 0.15) is 11.3 Å². The van der Waals surface area contributed by atoms with Crippen LogP contribution >= 0.6 is 0 Å². The van der Waals surface area contributed by atoms with E-state index in [1.165, 1.54) is 0 Å². The highest BCUT2D eigenvalue weighted by Gasteiger charge is 2.04. The number of aromatic nitrogens is 2. The first-order valence-electron chi connectivity index (χ1n) is 5.72. The number of rotatable bonds is 6. The number of imidazole rings is 1. The van der Waals surface area contributed by atoms with Crippen molar-refractivity contribution in [2.24, 2.45) is 0 Å². The molecule has 0 spiro atoms. The second kappa shape index (κ2) is 6.07. The smallest absolute Gasteiger partial charge is 0.161 e. The van der Waals surface area contributed by atoms with Gasteiger partial charge in [0, 0.05) is 25.0 Å². The van der Waals surface area contributed by atoms with Crippen LogP contribution < -0.4 is 14.8 Å². The summed E-state index contributed by atoms with van der Waals surface area (Å²) < 4.78 is 10.5. The highest BCUT2D eigenvalue weighted by Crippen LogP contribution is 2.27. The molecule has 0 atom stereocenters. The first-order valence-corrected chi connectivity index (χ1v) is 5.72. The van der Waals surface area contributed by atoms with Gasteiger partial charge in [-0.05, 0) is 17.7 Å². The zero-order valence-corrected chi connectivity index (χ0v) is 10.6. The van der Waals surface area contributed by atoms with Crippen molar-refractivity contribution in [3.05, 3.63) is 42.0 Å². The number of hydrogen-bond acceptors (Lipinski definition) is 4. The lowest BCUT2D eigenvalue weighted by molar-refractivity contribution is 0.354. The molecule has 2 N–H and O–H groups in total. The van der Waals surface area contributed by atoms with Gasteiger partial charge in [-0.15, -0.1) is 0 Å². The van der Waals surface area contributed by atoms with Crippen molar-refractivity contribution in [3.63, 3.8) is 0 Å². The fraction of sp³-hybridized carbons (Fsp3) is 0.308. The Hall–Kier alpha value is -2.01. The third-order valence-electron chi connectivity index (χ3n) is 2.65. The molecular weight excluding hydrogens is 230 g/mol. The normalized spacial score (nSPS) is 10.3. The predicted octanol–water partition coefficient (Wildman–Crippen LogP) is 1.72. The summed E-state index contributed by atoms with van der Waals surface area (Å²) in [4.78, 5) is 7.01. The Morgan fingerprint density at radius 3 is 2.67 bits per heavy atom. The minimum absolute atomic E-state index is 0.745. The molecule has 0 saturated carbocycles. The molecule has 0 amide bonds. The fourth-order valence-electron chi connectivity index (χ4n) is 1.71. The second-order valence-corrected chi connectivity index (χ2v) is 3.87. The van der Waals surface area contributed by atoms with Crippen molar-refractivity contribution in [2.45, 2.75) is 13.1 Å². The lowest BCUT2D eigenvalue weighted by Gasteiger charge is -2.10. The van der Waals surface area contributed by atoms with Crippen molar-refractivity contribution in [1.82, 2.24) is 15.3 Å². The molecule has 0 aliphatic heterocycles. The van der Waals surface area contributed by atoms with E-state index in [2.05, 4.69) is 15.3 Å². The summed E-state index contributed by atoms with van der Waals surface area (Å²) in [7, 11) is 3.27. The maximum absolute atomic E-state index is 5.26. The van der Waals surface area contributed by atoms with Gasteiger partial charge in [-0.1, -0.05) is 6.07 Å². The topological polar surface area (TPSA) is 59.2 Å². The minimum atomic E-state index is 0.745. The first kappa shape index (κ1) is 12.4. The van der Waals surface area contributed by atoms with E-state index < -0.39 is 0 Å². The molecule has 18 heavy (non-hydrogen) atoms. The monoisotopic (exact) mass is 247 g/mol. The van der Waals surface area contributed by atoms with Crippen molar-refractivity contribution in [1.29, 1.82) is 0 Å². The molecular formula is C13H17N3O2. The van der Waals surface area contributed by atoms with Crippen molar-refractivity contribution >= 4 is 0 Å². The van der Waals surface area contributed by atoms with Crippen LogP contribution in [0, 0.1) is 0 Å². The third kappa shape index (κ3) is 3.01. The molecule has 1 heterocycles. The van der Waals surface area contributed by atoms with E-state index in [4.69, 9.17) is 9.47 Å². The highest BCUT2D eigenvalue weighted by molar-refractivity contribution is 5.42. The standard InChI is InChI=1S/C13H17N3O2/c1-17-12-4-3-10(5-13(12)18-2)6-14-7-11-8-15-9-16-11/h3-5,8-9,14H,6-7H2,1-2H3,(H,15,16). The van der Waals surface area contributed by atoms with Crippen molar-refractivity contribution < 1.29 is 9.47 Å². The molecule has 0 bridgehead atoms. The number of benzene rings is 1. The Kier molecular flexibility index (Phi) is 4.20. The molecule has 1 aromatic heterocycles. The Morgan fingerprint density at radius 2 is 2.00 bits per heavy atom. The van der Waals surface area contributed by atoms with Gasteiger partial charge in [0.05, 0.1) is 20.5 Å². The lowest BCUT2D eigenvalue weighted by Crippen LogP contribution is -2.12. The van der Waals surface area contributed by atoms with Crippen molar-refractivity contribution in [2.75, 3.05) is 14.2 Å². The zero-order chi connectivity index (χ0) is 12.8. The van der Waals surface area contributed by atoms with Gasteiger partial charge in [0.1, 0.15) is 0 Å². The lowest BCUT2D eigenvalue weighted by atomic mass is 10.2. The van der Waals surface area contributed by atoms with Crippen LogP contribution in [-0.2, 0) is 13.1 Å². The molecule has 5 nitrogen and oxygen atoms in total. The van der Waals surface area contributed by atoms with E-state index in [-0.39, 0.29) is 0 Å². The average molecular weight is 247 g/mol. The largest absolute Gasteiger partial charge is 0.493 e. The summed E-state index contributed by atoms with van der Waals surface area (Å²) in [6, 6.07) is 5.89. The van der Waals surface area contributed by atoms with Crippen LogP contribution in [0.3, 0.4) is 0 Å². The summed E-state index contributed by atoms with van der Waals surface area (Å²) >= 11 is 0. The molecule has 96 valence electrons. The molecule has 0 unspecified atom stereocenters. The highest BCUT2D eigenvalue weighted by atomic mass is 16.5. The zero-order valence-electron chi connectivity index (χ0n) is 10.6. The fourth-order valence-corrected chi connectivity index (χ4v) is 1.71. The molecule has 0 fully saturated rings. The second-order valence-electron chi connectivity index (χ2n) is 3.87. The van der Waals surface area contributed by atoms with Gasteiger partial charge in [-0.3, -0.25) is 0 Å². The number of aromatic amines is 1. The summed E-state index contributed by atoms with van der Waals surface area (Å²) in [5.74, 6) is 1.49. The van der Waals surface area contributed by atoms with E-state index >= 15 is 0 Å². The van der Waals surface area contributed by atoms with Gasteiger partial charge in [-0.25, -0.2) is 4.98 Å². The van der Waals surface area contributed by atoms with E-state index in [9.17, 15) is 0 Å². The number of methoxy groups -OCH3 is 2. The number of nitrogens with zero attached hydrogens (tertiary/aromatic N) is 1. The van der Waals surface area contributed by atoms with Gasteiger partial charge < -0.3 is 19.8 Å². The summed E-state index contributed by atoms with van der Waals surface area (Å²) in [5, 5.41) is 3.33. The van der Waals surface area contributed by atoms with E-state index in [0.717, 1.165) is 35.8 Å². The van der Waals surface area contributed by atoms with Gasteiger partial charge in [0.2, 0.25) is 0 Å². The molecule has 2 aromatic rings. The summed E-state index contributed by atoms with van der Waals surface area (Å²) in [5.41, 5.74) is 2.21. The van der Waals surface area contributed by atoms with E-state index in [1.807, 2.05) is 24.4 Å². The van der Waals surface area contributed by atoms with Crippen LogP contribution in [0.25, 0.3) is 0 Å². The number of hydrogen-bond donors (Lipinski definition) is 2. The van der Waals surface area contributed by atoms with E-state index in [0.29, 0.717) is 0 Å². The van der Waals surface area contributed by atoms with Crippen LogP contribution in [0.4, 0.5) is 0 Å². The molecule has 5 heteroatoms. The van der Waals surface area contributed by atoms with Crippen LogP contribution in [-0.4, -0.2) is 24.2 Å². The molecule has 0 aliphatic rings. The Balaban J connectivity index is 1.93. The number of H-pyrrole nitrogens is 1. The molecule has 1 aromatic carbocycles. The van der Waals surface area contributed by atoms with Gasteiger partial charge >= 0.3 is 0 Å². The molecule has 0 saturated heterocycles. The maximum Gasteiger partial charge on any atom is 0.161 e. The Bertz CT molecular complexity index is 483. The van der Waals surface area contributed by atoms with Gasteiger partial charge in [-0.2, -0.15) is 0 Å². The van der Waals surface area contributed by atoms with Crippen LogP contribution in [0.5, 0.6) is 11.5 Å². The van der Waals surface area contributed by atoms with Crippen LogP contribution in [0.15, 0.2) is 30.7 Å². The third-order valence-corrected chi connectivity index (χ3v) is 2.65. The minimum Gasteiger partial charge on any atom is -0.493 e. The first-order chi connectivity index (χ1) is 8.83. The van der Waals surface area contributed by atoms with Crippen molar-refractivity contribution in [3.8, 4) is 11.5 Å². The number of nitrogens with one attached hydrogen (secondary N) is 2. The van der Waals surface area contributed by atoms with Gasteiger partial charge in [0.15, 0.2) is 11.5 Å². The Morgan fingerprint density at radius 1 is 1.17 bits per heavy atom. The van der Waals surface area contributed by atoms with Crippen LogP contribution in [0.2, 0.25) is 0 Å². The number of ether oxygens (including phenoxy) is 2. The SMILES string of the molecule is COc1ccc(CNCc2cnc[nH]2)cc1OC. The van der Waals surface area contributed by atoms with E-state index in [1.54, 1.807) is 20.5 Å². The Labute approximate surface area is 106 Å². The summed E-state index contributed by atoms with van der Waals surface area (Å²) in [6.45, 7) is 1.52. The maximum atomic E-state index is 5.26. The predicted molar refractivity (Wildman–Crippen MR) is 68.7 cm³/mol.